The highest BCUT2D eigenvalue weighted by Crippen LogP contribution is 2.22. The summed E-state index contributed by atoms with van der Waals surface area (Å²) in [6.45, 7) is 1.67. The van der Waals surface area contributed by atoms with E-state index in [2.05, 4.69) is 15.2 Å². The second-order valence-electron chi connectivity index (χ2n) is 7.94. The third-order valence-corrected chi connectivity index (χ3v) is 7.80. The Hall–Kier alpha value is -3.91. The van der Waals surface area contributed by atoms with Crippen LogP contribution in [0.15, 0.2) is 52.4 Å². The molecule has 182 valence electrons. The smallest absolute Gasteiger partial charge is 0.276 e. The summed E-state index contributed by atoms with van der Waals surface area (Å²) in [6.07, 6.45) is 2.97. The molecule has 4 heterocycles. The number of hydrogen-bond donors (Lipinski definition) is 1. The second kappa shape index (κ2) is 8.39. The van der Waals surface area contributed by atoms with Crippen molar-refractivity contribution in [3.8, 4) is 5.95 Å². The zero-order valence-electron chi connectivity index (χ0n) is 18.4. The van der Waals surface area contributed by atoms with Crippen LogP contribution in [-0.2, 0) is 10.0 Å². The van der Waals surface area contributed by atoms with E-state index in [1.165, 1.54) is 20.3 Å². The number of carbonyl (C=O) groups excluding carboxylic acids is 1. The van der Waals surface area contributed by atoms with Gasteiger partial charge in [0.1, 0.15) is 22.0 Å². The zero-order valence-corrected chi connectivity index (χ0v) is 19.2. The fourth-order valence-electron chi connectivity index (χ4n) is 3.99. The molecule has 0 unspecified atom stereocenters. The molecule has 5 rings (SSSR count). The number of rotatable bonds is 4. The molecule has 0 saturated carbocycles. The molecule has 14 heteroatoms. The van der Waals surface area contributed by atoms with E-state index in [1.54, 1.807) is 25.3 Å². The molecule has 0 radical (unpaired) electrons. The van der Waals surface area contributed by atoms with Gasteiger partial charge in [-0.2, -0.15) is 9.40 Å². The number of hydrogen-bond acceptors (Lipinski definition) is 6. The van der Waals surface area contributed by atoms with Gasteiger partial charge in [-0.25, -0.2) is 26.4 Å². The van der Waals surface area contributed by atoms with Crippen LogP contribution in [-0.4, -0.2) is 74.1 Å². The van der Waals surface area contributed by atoms with Gasteiger partial charge in [-0.05, 0) is 31.2 Å². The number of aromatic nitrogens is 5. The summed E-state index contributed by atoms with van der Waals surface area (Å²) >= 11 is 0. The molecule has 1 aliphatic rings. The second-order valence-corrected chi connectivity index (χ2v) is 9.85. The zero-order chi connectivity index (χ0) is 24.9. The fourth-order valence-corrected chi connectivity index (χ4v) is 5.45. The third kappa shape index (κ3) is 3.89. The van der Waals surface area contributed by atoms with Crippen LogP contribution in [0.25, 0.3) is 11.5 Å². The van der Waals surface area contributed by atoms with E-state index in [4.69, 9.17) is 0 Å². The molecule has 1 N–H and O–H groups in total. The first-order valence-corrected chi connectivity index (χ1v) is 12.0. The number of H-pyrrole nitrogens is 1. The molecule has 1 amide bonds. The van der Waals surface area contributed by atoms with E-state index < -0.39 is 26.6 Å². The molecule has 0 atom stereocenters. The summed E-state index contributed by atoms with van der Waals surface area (Å²) in [4.78, 5) is 28.9. The summed E-state index contributed by atoms with van der Waals surface area (Å²) in [5.41, 5.74) is 0.704. The van der Waals surface area contributed by atoms with Crippen molar-refractivity contribution in [2.24, 2.45) is 0 Å². The van der Waals surface area contributed by atoms with Gasteiger partial charge in [0.2, 0.25) is 16.0 Å². The number of nitrogens with zero attached hydrogens (tertiary/aromatic N) is 6. The monoisotopic (exact) mass is 503 g/mol. The lowest BCUT2D eigenvalue weighted by atomic mass is 10.2. The Bertz CT molecular complexity index is 1620. The first-order valence-electron chi connectivity index (χ1n) is 10.5. The first-order chi connectivity index (χ1) is 16.7. The number of halogens is 2. The maximum absolute atomic E-state index is 14.1. The highest BCUT2D eigenvalue weighted by Gasteiger charge is 2.33. The third-order valence-electron chi connectivity index (χ3n) is 5.87. The van der Waals surface area contributed by atoms with Gasteiger partial charge in [0, 0.05) is 38.4 Å². The summed E-state index contributed by atoms with van der Waals surface area (Å²) in [7, 11) is -4.19. The average molecular weight is 503 g/mol. The van der Waals surface area contributed by atoms with Crippen LogP contribution in [0.2, 0.25) is 0 Å². The molecule has 1 aliphatic heterocycles. The summed E-state index contributed by atoms with van der Waals surface area (Å²) in [6, 6.07) is 5.58. The predicted octanol–water partition coefficient (Wildman–Crippen LogP) is 0.942. The maximum atomic E-state index is 14.1. The van der Waals surface area contributed by atoms with Crippen molar-refractivity contribution in [1.82, 2.24) is 33.6 Å². The molecule has 35 heavy (non-hydrogen) atoms. The maximum Gasteiger partial charge on any atom is 0.276 e. The van der Waals surface area contributed by atoms with Gasteiger partial charge in [-0.1, -0.05) is 0 Å². The van der Waals surface area contributed by atoms with E-state index >= 15 is 0 Å². The number of benzene rings is 1. The van der Waals surface area contributed by atoms with E-state index in [0.29, 0.717) is 17.3 Å². The number of piperazine rings is 1. The highest BCUT2D eigenvalue weighted by atomic mass is 32.2. The molecule has 11 nitrogen and oxygen atoms in total. The molecular formula is C21H19F2N7O4S. The summed E-state index contributed by atoms with van der Waals surface area (Å²) < 4.78 is 56.6. The van der Waals surface area contributed by atoms with Gasteiger partial charge >= 0.3 is 0 Å². The van der Waals surface area contributed by atoms with Gasteiger partial charge in [0.25, 0.3) is 11.5 Å². The van der Waals surface area contributed by atoms with Crippen molar-refractivity contribution in [3.63, 3.8) is 0 Å². The normalized spacial score (nSPS) is 15.1. The summed E-state index contributed by atoms with van der Waals surface area (Å²) in [5.74, 6) is -2.28. The van der Waals surface area contributed by atoms with Crippen LogP contribution in [0.5, 0.6) is 0 Å². The molecule has 0 bridgehead atoms. The van der Waals surface area contributed by atoms with Gasteiger partial charge < -0.3 is 4.90 Å². The van der Waals surface area contributed by atoms with E-state index in [9.17, 15) is 26.8 Å². The Kier molecular flexibility index (Phi) is 5.48. The van der Waals surface area contributed by atoms with Crippen molar-refractivity contribution in [2.75, 3.05) is 26.2 Å². The Morgan fingerprint density at radius 3 is 2.57 bits per heavy atom. The van der Waals surface area contributed by atoms with Crippen LogP contribution in [0.4, 0.5) is 8.78 Å². The number of amides is 1. The van der Waals surface area contributed by atoms with Crippen molar-refractivity contribution in [1.29, 1.82) is 0 Å². The van der Waals surface area contributed by atoms with Crippen LogP contribution in [0, 0.1) is 18.6 Å². The van der Waals surface area contributed by atoms with Crippen molar-refractivity contribution in [3.05, 3.63) is 76.0 Å². The lowest BCUT2D eigenvalue weighted by molar-refractivity contribution is 0.0697. The molecule has 4 aromatic rings. The lowest BCUT2D eigenvalue weighted by Crippen LogP contribution is -2.50. The van der Waals surface area contributed by atoms with E-state index in [-0.39, 0.29) is 49.2 Å². The molecular weight excluding hydrogens is 484 g/mol. The van der Waals surface area contributed by atoms with Gasteiger partial charge in [0.05, 0.1) is 17.5 Å². The molecule has 1 saturated heterocycles. The quantitative estimate of drug-likeness (QED) is 0.442. The lowest BCUT2D eigenvalue weighted by Gasteiger charge is -2.34. The van der Waals surface area contributed by atoms with Gasteiger partial charge in [-0.15, -0.1) is 5.10 Å². The van der Waals surface area contributed by atoms with Crippen LogP contribution < -0.4 is 5.56 Å². The van der Waals surface area contributed by atoms with Crippen LogP contribution >= 0.6 is 0 Å². The first kappa shape index (κ1) is 22.9. The minimum atomic E-state index is -4.19. The Morgan fingerprint density at radius 1 is 1.11 bits per heavy atom. The molecule has 0 spiro atoms. The number of sulfonamides is 1. The molecule has 1 fully saturated rings. The Labute approximate surface area is 197 Å². The van der Waals surface area contributed by atoms with Crippen LogP contribution in [0.3, 0.4) is 0 Å². The number of fused-ring (bicyclic) bond motifs is 1. The van der Waals surface area contributed by atoms with Crippen LogP contribution in [0.1, 0.15) is 16.1 Å². The molecule has 0 aliphatic carbocycles. The Morgan fingerprint density at radius 2 is 1.86 bits per heavy atom. The Balaban J connectivity index is 1.33. The van der Waals surface area contributed by atoms with Gasteiger partial charge in [-0.3, -0.25) is 14.6 Å². The van der Waals surface area contributed by atoms with Crippen molar-refractivity contribution < 1.29 is 22.0 Å². The SMILES string of the molecule is Cc1c(C(=O)N2CCN(S(=O)(=O)c3ccc(F)cc3F)CC2)cnn1-c1nn2cccc2c(=O)[nH]1. The molecule has 1 aromatic carbocycles. The largest absolute Gasteiger partial charge is 0.336 e. The number of nitrogens with one attached hydrogen (secondary N) is 1. The minimum Gasteiger partial charge on any atom is -0.336 e. The average Bonchev–Trinajstić information content (AvgIpc) is 3.45. The fraction of sp³-hybridized carbons (Fsp3) is 0.238. The standard InChI is InChI=1S/C21H19F2N7O4S/c1-13-15(12-24-30(13)21-25-19(31)17-3-2-6-29(17)26-21)20(32)27-7-9-28(10-8-27)35(33,34)18-5-4-14(22)11-16(18)23/h2-6,11-12H,7-10H2,1H3,(H,25,26,31). The van der Waals surface area contributed by atoms with E-state index in [0.717, 1.165) is 16.4 Å². The van der Waals surface area contributed by atoms with Gasteiger partial charge in [0.15, 0.2) is 0 Å². The highest BCUT2D eigenvalue weighted by molar-refractivity contribution is 7.89. The summed E-state index contributed by atoms with van der Waals surface area (Å²) in [5, 5.41) is 8.49. The van der Waals surface area contributed by atoms with E-state index in [1.807, 2.05) is 0 Å². The van der Waals surface area contributed by atoms with Crippen molar-refractivity contribution >= 4 is 21.4 Å². The number of carbonyl (C=O) groups is 1. The van der Waals surface area contributed by atoms with Crippen molar-refractivity contribution in [2.45, 2.75) is 11.8 Å². The topological polar surface area (TPSA) is 126 Å². The number of aromatic amines is 1. The molecule has 3 aromatic heterocycles. The minimum absolute atomic E-state index is 0.0583. The predicted molar refractivity (Wildman–Crippen MR) is 119 cm³/mol.